The van der Waals surface area contributed by atoms with Gasteiger partial charge in [-0.1, -0.05) is 26.2 Å². The Labute approximate surface area is 197 Å². The molecule has 0 spiro atoms. The first-order chi connectivity index (χ1) is 16.0. The molecule has 33 heavy (non-hydrogen) atoms. The van der Waals surface area contributed by atoms with E-state index in [1.807, 2.05) is 33.0 Å². The van der Waals surface area contributed by atoms with Crippen molar-refractivity contribution in [3.63, 3.8) is 0 Å². The molecule has 1 atom stereocenters. The minimum Gasteiger partial charge on any atom is -0.382 e. The molecule has 0 radical (unpaired) electrons. The van der Waals surface area contributed by atoms with Crippen molar-refractivity contribution in [1.29, 1.82) is 0 Å². The van der Waals surface area contributed by atoms with Gasteiger partial charge in [0.15, 0.2) is 0 Å². The molecular formula is C24H40N6O3. The highest BCUT2D eigenvalue weighted by molar-refractivity contribution is 5.84. The fourth-order valence-corrected chi connectivity index (χ4v) is 3.21. The lowest BCUT2D eigenvalue weighted by Crippen LogP contribution is -2.44. The average molecular weight is 461 g/mol. The SMILES string of the molecule is CCCCCCc1cc(NC(COC(C)C)C(=O)NCCCOCC)nc(-n2ccnc2)n1. The van der Waals surface area contributed by atoms with Crippen molar-refractivity contribution in [2.45, 2.75) is 78.4 Å². The second kappa shape index (κ2) is 15.3. The summed E-state index contributed by atoms with van der Waals surface area (Å²) in [5, 5.41) is 6.25. The second-order valence-corrected chi connectivity index (χ2v) is 8.25. The van der Waals surface area contributed by atoms with Crippen LogP contribution in [0.5, 0.6) is 0 Å². The van der Waals surface area contributed by atoms with Crippen molar-refractivity contribution in [3.8, 4) is 5.95 Å². The van der Waals surface area contributed by atoms with E-state index in [1.54, 1.807) is 17.1 Å². The summed E-state index contributed by atoms with van der Waals surface area (Å²) in [5.74, 6) is 1.00. The van der Waals surface area contributed by atoms with Crippen molar-refractivity contribution >= 4 is 11.7 Å². The number of imidazole rings is 1. The minimum atomic E-state index is -0.571. The molecule has 9 nitrogen and oxygen atoms in total. The molecule has 0 saturated carbocycles. The monoisotopic (exact) mass is 460 g/mol. The maximum Gasteiger partial charge on any atom is 0.244 e. The van der Waals surface area contributed by atoms with Crippen LogP contribution in [0.2, 0.25) is 0 Å². The smallest absolute Gasteiger partial charge is 0.244 e. The first-order valence-electron chi connectivity index (χ1n) is 12.1. The summed E-state index contributed by atoms with van der Waals surface area (Å²) >= 11 is 0. The highest BCUT2D eigenvalue weighted by atomic mass is 16.5. The van der Waals surface area contributed by atoms with Gasteiger partial charge in [0.05, 0.1) is 12.7 Å². The number of rotatable bonds is 17. The third-order valence-corrected chi connectivity index (χ3v) is 4.99. The standard InChI is InChI=1S/C24H40N6O3/c1-5-7-8-9-11-20-16-22(29-24(27-20)30-14-13-25-18-30)28-21(17-33-19(3)4)23(31)26-12-10-15-32-6-2/h13-14,16,18-19,21H,5-12,15,17H2,1-4H3,(H,26,31)(H,27,28,29). The lowest BCUT2D eigenvalue weighted by Gasteiger charge is -2.21. The zero-order valence-corrected chi connectivity index (χ0v) is 20.5. The van der Waals surface area contributed by atoms with Gasteiger partial charge in [-0.15, -0.1) is 0 Å². The molecule has 2 heterocycles. The Bertz CT molecular complexity index is 798. The van der Waals surface area contributed by atoms with Crippen LogP contribution in [0, 0.1) is 0 Å². The molecule has 0 fully saturated rings. The average Bonchev–Trinajstić information content (AvgIpc) is 3.34. The van der Waals surface area contributed by atoms with Gasteiger partial charge in [-0.3, -0.25) is 9.36 Å². The van der Waals surface area contributed by atoms with Crippen LogP contribution in [0.4, 0.5) is 5.82 Å². The Morgan fingerprint density at radius 1 is 1.15 bits per heavy atom. The predicted octanol–water partition coefficient (Wildman–Crippen LogP) is 3.53. The Morgan fingerprint density at radius 3 is 2.70 bits per heavy atom. The van der Waals surface area contributed by atoms with Gasteiger partial charge in [-0.2, -0.15) is 4.98 Å². The van der Waals surface area contributed by atoms with Gasteiger partial charge in [0.2, 0.25) is 11.9 Å². The Hall–Kier alpha value is -2.52. The van der Waals surface area contributed by atoms with Gasteiger partial charge in [-0.25, -0.2) is 9.97 Å². The Balaban J connectivity index is 2.14. The van der Waals surface area contributed by atoms with Crippen LogP contribution in [0.3, 0.4) is 0 Å². The third kappa shape index (κ3) is 10.3. The number of aryl methyl sites for hydroxylation is 1. The number of carbonyl (C=O) groups excluding carboxylic acids is 1. The van der Waals surface area contributed by atoms with Gasteiger partial charge in [-0.05, 0) is 40.0 Å². The van der Waals surface area contributed by atoms with Crippen LogP contribution in [0.1, 0.15) is 65.5 Å². The minimum absolute atomic E-state index is 0.0149. The molecule has 2 aromatic rings. The maximum atomic E-state index is 12.9. The number of carbonyl (C=O) groups is 1. The topological polar surface area (TPSA) is 103 Å². The number of hydrogen-bond donors (Lipinski definition) is 2. The summed E-state index contributed by atoms with van der Waals surface area (Å²) in [6.07, 6.45) is 11.4. The summed E-state index contributed by atoms with van der Waals surface area (Å²) in [7, 11) is 0. The first-order valence-corrected chi connectivity index (χ1v) is 12.1. The van der Waals surface area contributed by atoms with E-state index < -0.39 is 6.04 Å². The molecule has 2 rings (SSSR count). The van der Waals surface area contributed by atoms with E-state index in [0.717, 1.165) is 25.0 Å². The molecule has 0 saturated heterocycles. The number of hydrogen-bond acceptors (Lipinski definition) is 7. The van der Waals surface area contributed by atoms with E-state index in [-0.39, 0.29) is 18.6 Å². The van der Waals surface area contributed by atoms with Crippen LogP contribution in [0.15, 0.2) is 24.8 Å². The number of unbranched alkanes of at least 4 members (excludes halogenated alkanes) is 3. The molecule has 0 aromatic carbocycles. The molecule has 0 bridgehead atoms. The summed E-state index contributed by atoms with van der Waals surface area (Å²) in [6, 6.07) is 1.36. The van der Waals surface area contributed by atoms with Crippen LogP contribution in [-0.4, -0.2) is 63.9 Å². The van der Waals surface area contributed by atoms with Crippen LogP contribution < -0.4 is 10.6 Å². The van der Waals surface area contributed by atoms with Gasteiger partial charge in [0, 0.05) is 43.9 Å². The number of amides is 1. The van der Waals surface area contributed by atoms with Crippen molar-refractivity contribution < 1.29 is 14.3 Å². The van der Waals surface area contributed by atoms with E-state index in [0.29, 0.717) is 31.5 Å². The summed E-state index contributed by atoms with van der Waals surface area (Å²) in [5.41, 5.74) is 0.938. The number of anilines is 1. The fraction of sp³-hybridized carbons (Fsp3) is 0.667. The Morgan fingerprint density at radius 2 is 2.00 bits per heavy atom. The van der Waals surface area contributed by atoms with Gasteiger partial charge in [0.25, 0.3) is 0 Å². The van der Waals surface area contributed by atoms with E-state index in [4.69, 9.17) is 14.5 Å². The normalized spacial score (nSPS) is 12.2. The van der Waals surface area contributed by atoms with Crippen LogP contribution >= 0.6 is 0 Å². The molecule has 9 heteroatoms. The molecule has 2 aromatic heterocycles. The first kappa shape index (κ1) is 26.7. The molecule has 0 aliphatic rings. The van der Waals surface area contributed by atoms with Crippen LogP contribution in [-0.2, 0) is 20.7 Å². The largest absolute Gasteiger partial charge is 0.382 e. The van der Waals surface area contributed by atoms with Crippen molar-refractivity contribution in [3.05, 3.63) is 30.5 Å². The summed E-state index contributed by atoms with van der Waals surface area (Å²) in [6.45, 7) is 10.1. The van der Waals surface area contributed by atoms with Crippen molar-refractivity contribution in [2.24, 2.45) is 0 Å². The van der Waals surface area contributed by atoms with E-state index >= 15 is 0 Å². The number of nitrogens with one attached hydrogen (secondary N) is 2. The number of aromatic nitrogens is 4. The van der Waals surface area contributed by atoms with Crippen LogP contribution in [0.25, 0.3) is 5.95 Å². The molecule has 1 unspecified atom stereocenters. The van der Waals surface area contributed by atoms with Crippen molar-refractivity contribution in [1.82, 2.24) is 24.8 Å². The molecule has 0 aliphatic heterocycles. The molecule has 184 valence electrons. The van der Waals surface area contributed by atoms with Gasteiger partial charge < -0.3 is 20.1 Å². The lowest BCUT2D eigenvalue weighted by molar-refractivity contribution is -0.123. The zero-order valence-electron chi connectivity index (χ0n) is 20.5. The number of nitrogens with zero attached hydrogens (tertiary/aromatic N) is 4. The molecular weight excluding hydrogens is 420 g/mol. The lowest BCUT2D eigenvalue weighted by atomic mass is 10.1. The fourth-order valence-electron chi connectivity index (χ4n) is 3.21. The number of ether oxygens (including phenoxy) is 2. The highest BCUT2D eigenvalue weighted by Gasteiger charge is 2.20. The maximum absolute atomic E-state index is 12.9. The summed E-state index contributed by atoms with van der Waals surface area (Å²) in [4.78, 5) is 26.3. The van der Waals surface area contributed by atoms with E-state index in [1.165, 1.54) is 19.3 Å². The quantitative estimate of drug-likeness (QED) is 0.348. The van der Waals surface area contributed by atoms with E-state index in [9.17, 15) is 4.79 Å². The molecule has 2 N–H and O–H groups in total. The second-order valence-electron chi connectivity index (χ2n) is 8.25. The van der Waals surface area contributed by atoms with Gasteiger partial charge in [0.1, 0.15) is 18.2 Å². The van der Waals surface area contributed by atoms with Gasteiger partial charge >= 0.3 is 0 Å². The molecule has 0 aliphatic carbocycles. The van der Waals surface area contributed by atoms with Crippen molar-refractivity contribution in [2.75, 3.05) is 31.7 Å². The predicted molar refractivity (Wildman–Crippen MR) is 130 cm³/mol. The molecule has 1 amide bonds. The van der Waals surface area contributed by atoms with E-state index in [2.05, 4.69) is 27.5 Å². The highest BCUT2D eigenvalue weighted by Crippen LogP contribution is 2.15. The Kier molecular flexibility index (Phi) is 12.4. The summed E-state index contributed by atoms with van der Waals surface area (Å²) < 4.78 is 12.9. The third-order valence-electron chi connectivity index (χ3n) is 4.99. The zero-order chi connectivity index (χ0) is 23.9.